The number of allylic oxidation sites excluding steroid dienone is 17. The molecule has 1 fully saturated rings. The third-order valence-corrected chi connectivity index (χ3v) is 9.10. The van der Waals surface area contributed by atoms with Crippen LogP contribution in [0, 0.1) is 0 Å². The molecule has 1 aliphatic rings. The Morgan fingerprint density at radius 2 is 1.11 bits per heavy atom. The SMILES string of the molecule is CC/C=C\C/C=C\C/C=C\C/C=C\C/C=C\C/C=C\C/C=C\C/C=C\CCCCC(=O)NC(COC1OC(CO)C(O)C(O)C1O)C(O)/C=C/CCCCCC. The van der Waals surface area contributed by atoms with Crippen LogP contribution in [0.2, 0.25) is 0 Å². The molecule has 0 saturated carbocycles. The molecular formula is C47H75NO8. The molecule has 0 radical (unpaired) electrons. The molecule has 0 aromatic rings. The lowest BCUT2D eigenvalue weighted by Gasteiger charge is -2.40. The highest BCUT2D eigenvalue weighted by Crippen LogP contribution is 2.22. The Bertz CT molecular complexity index is 1230. The molecule has 1 saturated heterocycles. The molecular weight excluding hydrogens is 707 g/mol. The van der Waals surface area contributed by atoms with Crippen molar-refractivity contribution < 1.29 is 39.8 Å². The highest BCUT2D eigenvalue weighted by Gasteiger charge is 2.44. The Morgan fingerprint density at radius 3 is 1.61 bits per heavy atom. The summed E-state index contributed by atoms with van der Waals surface area (Å²) in [7, 11) is 0. The first-order valence-corrected chi connectivity index (χ1v) is 21.1. The number of hydrogen-bond acceptors (Lipinski definition) is 8. The average molecular weight is 782 g/mol. The Labute approximate surface area is 338 Å². The molecule has 0 aliphatic carbocycles. The van der Waals surface area contributed by atoms with Crippen LogP contribution >= 0.6 is 0 Å². The number of amides is 1. The van der Waals surface area contributed by atoms with Gasteiger partial charge in [-0.25, -0.2) is 0 Å². The monoisotopic (exact) mass is 782 g/mol. The second-order valence-corrected chi connectivity index (χ2v) is 14.0. The molecule has 1 rings (SSSR count). The number of ether oxygens (including phenoxy) is 2. The van der Waals surface area contributed by atoms with Gasteiger partial charge in [0.2, 0.25) is 5.91 Å². The van der Waals surface area contributed by atoms with Crippen molar-refractivity contribution >= 4 is 5.91 Å². The van der Waals surface area contributed by atoms with Crippen LogP contribution in [-0.2, 0) is 14.3 Å². The summed E-state index contributed by atoms with van der Waals surface area (Å²) in [6, 6.07) is -0.832. The summed E-state index contributed by atoms with van der Waals surface area (Å²) in [5, 5.41) is 53.7. The lowest BCUT2D eigenvalue weighted by atomic mass is 9.99. The maximum absolute atomic E-state index is 12.8. The molecule has 56 heavy (non-hydrogen) atoms. The molecule has 9 nitrogen and oxygen atoms in total. The quantitative estimate of drug-likeness (QED) is 0.0295. The molecule has 0 aromatic heterocycles. The number of nitrogens with one attached hydrogen (secondary N) is 1. The molecule has 6 N–H and O–H groups in total. The number of unbranched alkanes of at least 4 members (excludes halogenated alkanes) is 6. The molecule has 0 aromatic carbocycles. The summed E-state index contributed by atoms with van der Waals surface area (Å²) in [4.78, 5) is 12.8. The second kappa shape index (κ2) is 36.2. The summed E-state index contributed by atoms with van der Waals surface area (Å²) in [6.45, 7) is 3.50. The Balaban J connectivity index is 2.29. The molecule has 0 spiro atoms. The fourth-order valence-corrected chi connectivity index (χ4v) is 5.70. The Hall–Kier alpha value is -3.15. The first-order valence-electron chi connectivity index (χ1n) is 21.1. The van der Waals surface area contributed by atoms with Crippen LogP contribution in [0.5, 0.6) is 0 Å². The third-order valence-electron chi connectivity index (χ3n) is 9.10. The summed E-state index contributed by atoms with van der Waals surface area (Å²) < 4.78 is 11.1. The molecule has 1 amide bonds. The van der Waals surface area contributed by atoms with Gasteiger partial charge in [0.1, 0.15) is 24.4 Å². The minimum absolute atomic E-state index is 0.216. The first kappa shape index (κ1) is 50.9. The maximum atomic E-state index is 12.8. The number of hydrogen-bond donors (Lipinski definition) is 6. The van der Waals surface area contributed by atoms with E-state index in [1.165, 1.54) is 0 Å². The van der Waals surface area contributed by atoms with Crippen molar-refractivity contribution in [3.05, 3.63) is 109 Å². The van der Waals surface area contributed by atoms with Crippen LogP contribution in [0.15, 0.2) is 109 Å². The van der Waals surface area contributed by atoms with Gasteiger partial charge in [0.25, 0.3) is 0 Å². The predicted octanol–water partition coefficient (Wildman–Crippen LogP) is 8.33. The largest absolute Gasteiger partial charge is 0.394 e. The van der Waals surface area contributed by atoms with Gasteiger partial charge < -0.3 is 40.3 Å². The summed E-state index contributed by atoms with van der Waals surface area (Å²) in [5.74, 6) is -0.232. The minimum Gasteiger partial charge on any atom is -0.394 e. The highest BCUT2D eigenvalue weighted by atomic mass is 16.7. The number of rotatable bonds is 32. The number of carbonyl (C=O) groups excluding carboxylic acids is 1. The van der Waals surface area contributed by atoms with Gasteiger partial charge in [0.05, 0.1) is 25.4 Å². The van der Waals surface area contributed by atoms with E-state index in [9.17, 15) is 30.3 Å². The van der Waals surface area contributed by atoms with E-state index in [0.717, 1.165) is 96.3 Å². The van der Waals surface area contributed by atoms with Gasteiger partial charge in [-0.05, 0) is 83.5 Å². The highest BCUT2D eigenvalue weighted by molar-refractivity contribution is 5.76. The summed E-state index contributed by atoms with van der Waals surface area (Å²) in [5.41, 5.74) is 0. The molecule has 1 heterocycles. The van der Waals surface area contributed by atoms with E-state index < -0.39 is 49.5 Å². The van der Waals surface area contributed by atoms with E-state index in [-0.39, 0.29) is 18.9 Å². The predicted molar refractivity (Wildman–Crippen MR) is 230 cm³/mol. The van der Waals surface area contributed by atoms with Gasteiger partial charge >= 0.3 is 0 Å². The first-order chi connectivity index (χ1) is 27.3. The molecule has 7 unspecified atom stereocenters. The van der Waals surface area contributed by atoms with Gasteiger partial charge in [-0.2, -0.15) is 0 Å². The van der Waals surface area contributed by atoms with Crippen molar-refractivity contribution in [2.24, 2.45) is 0 Å². The van der Waals surface area contributed by atoms with Crippen molar-refractivity contribution in [1.29, 1.82) is 0 Å². The van der Waals surface area contributed by atoms with E-state index in [2.05, 4.69) is 116 Å². The van der Waals surface area contributed by atoms with E-state index >= 15 is 0 Å². The van der Waals surface area contributed by atoms with Gasteiger partial charge in [0, 0.05) is 6.42 Å². The number of aliphatic hydroxyl groups excluding tert-OH is 5. The lowest BCUT2D eigenvalue weighted by molar-refractivity contribution is -0.302. The Kier molecular flexibility index (Phi) is 32.9. The van der Waals surface area contributed by atoms with Gasteiger partial charge in [-0.3, -0.25) is 4.79 Å². The van der Waals surface area contributed by atoms with E-state index in [1.54, 1.807) is 6.08 Å². The standard InChI is InChI=1S/C47H75NO8/c1-3-5-7-9-11-12-13-14-15-16-17-18-19-20-21-22-23-24-25-26-27-28-29-30-31-33-35-37-43(51)48-40(41(50)36-34-32-10-8-6-4-2)39-55-47-46(54)45(53)44(52)42(38-49)56-47/h5,7,11-12,14-15,17-18,20-21,23-24,26-27,29-30,34,36,40-42,44-47,49-50,52-54H,3-4,6,8-10,13,16,19,22,25,28,31-33,35,37-39H2,1-2H3,(H,48,51)/b7-5-,12-11-,15-14-,18-17-,21-20-,24-23-,27-26-,30-29-,36-34+. The van der Waals surface area contributed by atoms with Crippen LogP contribution in [-0.4, -0.2) is 87.5 Å². The fourth-order valence-electron chi connectivity index (χ4n) is 5.70. The molecule has 0 bridgehead atoms. The van der Waals surface area contributed by atoms with E-state index in [1.807, 2.05) is 6.08 Å². The van der Waals surface area contributed by atoms with E-state index in [0.29, 0.717) is 6.42 Å². The van der Waals surface area contributed by atoms with E-state index in [4.69, 9.17) is 9.47 Å². The van der Waals surface area contributed by atoms with Crippen molar-refractivity contribution in [3.8, 4) is 0 Å². The summed E-state index contributed by atoms with van der Waals surface area (Å²) >= 11 is 0. The molecule has 7 atom stereocenters. The van der Waals surface area contributed by atoms with Crippen molar-refractivity contribution in [1.82, 2.24) is 5.32 Å². The smallest absolute Gasteiger partial charge is 0.220 e. The van der Waals surface area contributed by atoms with Crippen molar-refractivity contribution in [3.63, 3.8) is 0 Å². The zero-order valence-electron chi connectivity index (χ0n) is 34.3. The molecule has 9 heteroatoms. The second-order valence-electron chi connectivity index (χ2n) is 14.0. The van der Waals surface area contributed by atoms with Crippen LogP contribution < -0.4 is 5.32 Å². The fraction of sp³-hybridized carbons (Fsp3) is 0.596. The van der Waals surface area contributed by atoms with Gasteiger partial charge in [0.15, 0.2) is 6.29 Å². The zero-order chi connectivity index (χ0) is 40.9. The summed E-state index contributed by atoms with van der Waals surface area (Å²) in [6.07, 6.45) is 46.0. The van der Waals surface area contributed by atoms with Crippen LogP contribution in [0.1, 0.15) is 123 Å². The zero-order valence-corrected chi connectivity index (χ0v) is 34.3. The van der Waals surface area contributed by atoms with Crippen molar-refractivity contribution in [2.75, 3.05) is 13.2 Å². The normalized spacial score (nSPS) is 22.3. The van der Waals surface area contributed by atoms with Gasteiger partial charge in [-0.15, -0.1) is 0 Å². The van der Waals surface area contributed by atoms with Crippen LogP contribution in [0.25, 0.3) is 0 Å². The molecule has 1 aliphatic heterocycles. The average Bonchev–Trinajstić information content (AvgIpc) is 3.20. The maximum Gasteiger partial charge on any atom is 0.220 e. The number of aliphatic hydroxyl groups is 5. The topological polar surface area (TPSA) is 149 Å². The Morgan fingerprint density at radius 1 is 0.625 bits per heavy atom. The lowest BCUT2D eigenvalue weighted by Crippen LogP contribution is -2.60. The third kappa shape index (κ3) is 26.7. The van der Waals surface area contributed by atoms with Crippen LogP contribution in [0.4, 0.5) is 0 Å². The van der Waals surface area contributed by atoms with Gasteiger partial charge in [-0.1, -0.05) is 142 Å². The molecule has 316 valence electrons. The van der Waals surface area contributed by atoms with Crippen LogP contribution in [0.3, 0.4) is 0 Å². The van der Waals surface area contributed by atoms with Crippen molar-refractivity contribution in [2.45, 2.75) is 166 Å². The number of carbonyl (C=O) groups is 1. The minimum atomic E-state index is -1.58.